The van der Waals surface area contributed by atoms with Crippen molar-refractivity contribution in [2.75, 3.05) is 13.1 Å². The number of carbonyl (C=O) groups excluding carboxylic acids is 1. The van der Waals surface area contributed by atoms with Crippen molar-refractivity contribution in [1.82, 2.24) is 24.6 Å². The van der Waals surface area contributed by atoms with Crippen molar-refractivity contribution >= 4 is 17.1 Å². The number of aromatic amines is 1. The molecule has 1 aliphatic rings. The van der Waals surface area contributed by atoms with Gasteiger partial charge in [0.1, 0.15) is 22.6 Å². The smallest absolute Gasteiger partial charge is 0.444 e. The van der Waals surface area contributed by atoms with E-state index >= 15 is 0 Å². The summed E-state index contributed by atoms with van der Waals surface area (Å²) >= 11 is 0. The monoisotopic (exact) mass is 493 g/mol. The van der Waals surface area contributed by atoms with Crippen molar-refractivity contribution in [1.29, 1.82) is 0 Å². The molecule has 0 saturated carbocycles. The van der Waals surface area contributed by atoms with Crippen LogP contribution in [0.5, 0.6) is 5.75 Å². The number of para-hydroxylation sites is 1. The average Bonchev–Trinajstić information content (AvgIpc) is 3.18. The zero-order chi connectivity index (χ0) is 25.4. The molecule has 0 aliphatic carbocycles. The zero-order valence-electron chi connectivity index (χ0n) is 19.6. The lowest BCUT2D eigenvalue weighted by molar-refractivity contribution is -0.274. The maximum absolute atomic E-state index is 12.8. The third-order valence-electron chi connectivity index (χ3n) is 5.46. The molecule has 4 rings (SSSR count). The number of nitrogens with zero attached hydrogens (tertiary/aromatic N) is 4. The molecule has 3 aromatic rings. The Bertz CT molecular complexity index is 1280. The summed E-state index contributed by atoms with van der Waals surface area (Å²) in [5.74, 6) is -0.196. The van der Waals surface area contributed by atoms with Crippen LogP contribution in [-0.4, -0.2) is 55.8 Å². The van der Waals surface area contributed by atoms with Gasteiger partial charge in [0.05, 0.1) is 12.2 Å². The summed E-state index contributed by atoms with van der Waals surface area (Å²) in [6.07, 6.45) is -2.53. The molecule has 0 bridgehead atoms. The van der Waals surface area contributed by atoms with Gasteiger partial charge in [0.2, 0.25) is 0 Å². The number of piperidine rings is 1. The Morgan fingerprint density at radius 1 is 1.23 bits per heavy atom. The summed E-state index contributed by atoms with van der Waals surface area (Å²) in [4.78, 5) is 34.0. The van der Waals surface area contributed by atoms with Crippen molar-refractivity contribution in [2.24, 2.45) is 0 Å². The first-order valence-electron chi connectivity index (χ1n) is 11.2. The second kappa shape index (κ2) is 9.23. The number of halogens is 3. The Morgan fingerprint density at radius 3 is 2.69 bits per heavy atom. The lowest BCUT2D eigenvalue weighted by Crippen LogP contribution is -2.43. The van der Waals surface area contributed by atoms with Crippen LogP contribution >= 0.6 is 0 Å². The Hall–Kier alpha value is -3.57. The van der Waals surface area contributed by atoms with E-state index in [4.69, 9.17) is 4.74 Å². The number of H-pyrrole nitrogens is 1. The van der Waals surface area contributed by atoms with Gasteiger partial charge < -0.3 is 19.4 Å². The molecule has 1 aromatic carbocycles. The first-order valence-corrected chi connectivity index (χ1v) is 11.2. The number of aromatic nitrogens is 4. The molecule has 188 valence electrons. The van der Waals surface area contributed by atoms with E-state index in [9.17, 15) is 22.8 Å². The summed E-state index contributed by atoms with van der Waals surface area (Å²) in [7, 11) is 0. The van der Waals surface area contributed by atoms with Gasteiger partial charge in [-0.25, -0.2) is 14.5 Å². The largest absolute Gasteiger partial charge is 0.573 e. The second-order valence-electron chi connectivity index (χ2n) is 9.39. The topological polar surface area (TPSA) is 102 Å². The van der Waals surface area contributed by atoms with Gasteiger partial charge in [-0.3, -0.25) is 4.79 Å². The molecular weight excluding hydrogens is 467 g/mol. The van der Waals surface area contributed by atoms with E-state index in [0.717, 1.165) is 0 Å². The first-order chi connectivity index (χ1) is 16.4. The number of hydrogen-bond donors (Lipinski definition) is 1. The number of likely N-dealkylation sites (tertiary alicyclic amines) is 1. The molecular formula is C23H26F3N5O4. The quantitative estimate of drug-likeness (QED) is 0.585. The average molecular weight is 493 g/mol. The maximum atomic E-state index is 12.8. The summed E-state index contributed by atoms with van der Waals surface area (Å²) in [5.41, 5.74) is -0.565. The normalized spacial score (nSPS) is 17.0. The molecule has 1 unspecified atom stereocenters. The first kappa shape index (κ1) is 24.6. The summed E-state index contributed by atoms with van der Waals surface area (Å²) in [6, 6.07) is 5.45. The zero-order valence-corrected chi connectivity index (χ0v) is 19.6. The lowest BCUT2D eigenvalue weighted by Gasteiger charge is -2.34. The van der Waals surface area contributed by atoms with Crippen molar-refractivity contribution in [2.45, 2.75) is 58.0 Å². The molecule has 3 heterocycles. The highest BCUT2D eigenvalue weighted by atomic mass is 19.4. The van der Waals surface area contributed by atoms with E-state index in [0.29, 0.717) is 31.6 Å². The van der Waals surface area contributed by atoms with Crippen LogP contribution in [0.1, 0.15) is 51.0 Å². The molecule has 1 aliphatic heterocycles. The van der Waals surface area contributed by atoms with E-state index < -0.39 is 23.6 Å². The Morgan fingerprint density at radius 2 is 1.97 bits per heavy atom. The van der Waals surface area contributed by atoms with Gasteiger partial charge >= 0.3 is 12.5 Å². The minimum atomic E-state index is -4.85. The van der Waals surface area contributed by atoms with E-state index in [1.54, 1.807) is 36.4 Å². The predicted octanol–water partition coefficient (Wildman–Crippen LogP) is 4.18. The van der Waals surface area contributed by atoms with Crippen molar-refractivity contribution in [3.8, 4) is 5.75 Å². The van der Waals surface area contributed by atoms with Crippen LogP contribution < -0.4 is 10.3 Å². The van der Waals surface area contributed by atoms with Gasteiger partial charge in [-0.1, -0.05) is 18.2 Å². The summed E-state index contributed by atoms with van der Waals surface area (Å²) < 4.78 is 49.5. The van der Waals surface area contributed by atoms with Gasteiger partial charge in [0, 0.05) is 25.1 Å². The third kappa shape index (κ3) is 5.92. The van der Waals surface area contributed by atoms with Crippen LogP contribution in [0.15, 0.2) is 35.3 Å². The molecule has 1 amide bonds. The fourth-order valence-electron chi connectivity index (χ4n) is 4.03. The molecule has 2 aromatic heterocycles. The second-order valence-corrected chi connectivity index (χ2v) is 9.39. The standard InChI is InChI=1S/C23H26F3N5O4/c1-22(2,3)35-21(33)30-10-6-8-15(13-30)31-19-16(12-27-31)20(32)29-18(28-19)11-14-7-4-5-9-17(14)34-23(24,25)26/h4-5,7,9,12,15H,6,8,10-11,13H2,1-3H3,(H,28,29,32). The SMILES string of the molecule is CC(C)(C)OC(=O)N1CCCC(n2ncc3c(=O)[nH]c(Cc4ccccc4OC(F)(F)F)nc32)C1. The highest BCUT2D eigenvalue weighted by molar-refractivity contribution is 5.73. The van der Waals surface area contributed by atoms with Gasteiger partial charge in [0.25, 0.3) is 5.56 Å². The maximum Gasteiger partial charge on any atom is 0.573 e. The van der Waals surface area contributed by atoms with Gasteiger partial charge in [-0.05, 0) is 39.7 Å². The molecule has 0 spiro atoms. The van der Waals surface area contributed by atoms with Crippen LogP contribution in [0.25, 0.3) is 11.0 Å². The number of carbonyl (C=O) groups is 1. The highest BCUT2D eigenvalue weighted by Crippen LogP contribution is 2.28. The summed E-state index contributed by atoms with van der Waals surface area (Å²) in [6.45, 7) is 6.26. The fraction of sp³-hybridized carbons (Fsp3) is 0.478. The van der Waals surface area contributed by atoms with Crippen LogP contribution in [0.2, 0.25) is 0 Å². The van der Waals surface area contributed by atoms with Gasteiger partial charge in [-0.15, -0.1) is 13.2 Å². The fourth-order valence-corrected chi connectivity index (χ4v) is 4.03. The number of nitrogens with one attached hydrogen (secondary N) is 1. The van der Waals surface area contributed by atoms with Crippen molar-refractivity contribution in [3.63, 3.8) is 0 Å². The number of benzene rings is 1. The van der Waals surface area contributed by atoms with Crippen LogP contribution in [-0.2, 0) is 11.2 Å². The molecule has 1 fully saturated rings. The predicted molar refractivity (Wildman–Crippen MR) is 120 cm³/mol. The van der Waals surface area contributed by atoms with E-state index in [1.807, 2.05) is 0 Å². The number of hydrogen-bond acceptors (Lipinski definition) is 6. The number of rotatable bonds is 4. The van der Waals surface area contributed by atoms with Crippen molar-refractivity contribution < 1.29 is 27.4 Å². The number of amides is 1. The third-order valence-corrected chi connectivity index (χ3v) is 5.46. The molecule has 35 heavy (non-hydrogen) atoms. The number of ether oxygens (including phenoxy) is 2. The van der Waals surface area contributed by atoms with Crippen LogP contribution in [0, 0.1) is 0 Å². The Labute approximate surface area is 198 Å². The number of alkyl halides is 3. The minimum absolute atomic E-state index is 0.0860. The Kier molecular flexibility index (Phi) is 6.48. The summed E-state index contributed by atoms with van der Waals surface area (Å²) in [5, 5.41) is 4.60. The molecule has 1 saturated heterocycles. The molecule has 0 radical (unpaired) electrons. The van der Waals surface area contributed by atoms with Crippen LogP contribution in [0.4, 0.5) is 18.0 Å². The number of fused-ring (bicyclic) bond motifs is 1. The lowest BCUT2D eigenvalue weighted by atomic mass is 10.1. The minimum Gasteiger partial charge on any atom is -0.444 e. The highest BCUT2D eigenvalue weighted by Gasteiger charge is 2.32. The van der Waals surface area contributed by atoms with Gasteiger partial charge in [-0.2, -0.15) is 5.10 Å². The van der Waals surface area contributed by atoms with E-state index in [2.05, 4.69) is 19.8 Å². The molecule has 9 nitrogen and oxygen atoms in total. The van der Waals surface area contributed by atoms with E-state index in [-0.39, 0.29) is 35.0 Å². The van der Waals surface area contributed by atoms with E-state index in [1.165, 1.54) is 24.4 Å². The van der Waals surface area contributed by atoms with Gasteiger partial charge in [0.15, 0.2) is 5.65 Å². The van der Waals surface area contributed by atoms with Crippen molar-refractivity contribution in [3.05, 3.63) is 52.2 Å². The molecule has 12 heteroatoms. The Balaban J connectivity index is 1.62. The molecule has 1 N–H and O–H groups in total. The molecule has 1 atom stereocenters. The van der Waals surface area contributed by atoms with Crippen LogP contribution in [0.3, 0.4) is 0 Å².